The van der Waals surface area contributed by atoms with Crippen molar-refractivity contribution in [3.63, 3.8) is 0 Å². The second kappa shape index (κ2) is 13.9. The van der Waals surface area contributed by atoms with Crippen LogP contribution in [0.5, 0.6) is 0 Å². The molecule has 0 aromatic heterocycles. The maximum absolute atomic E-state index is 4.98. The van der Waals surface area contributed by atoms with E-state index in [2.05, 4.69) is 123 Å². The van der Waals surface area contributed by atoms with Crippen LogP contribution in [0.3, 0.4) is 0 Å². The third-order valence-corrected chi connectivity index (χ3v) is 19.8. The third kappa shape index (κ3) is 6.46. The minimum Gasteiger partial charge on any atom is -0.179 e. The normalized spacial score (nSPS) is 44.3. The SMILES string of the molecule is CCC1(CI)CCC(CC)(CC)C(CC)(CI)CC2C(C1)C1CC(CC)(CI)CC(C)(CS)CCC1C2(C)C. The molecule has 0 N–H and O–H groups in total. The molecule has 0 aliphatic heterocycles. The number of halogens is 3. The quantitative estimate of drug-likeness (QED) is 0.133. The van der Waals surface area contributed by atoms with Crippen molar-refractivity contribution in [1.82, 2.24) is 0 Å². The van der Waals surface area contributed by atoms with Gasteiger partial charge in [0.25, 0.3) is 0 Å². The minimum atomic E-state index is 0.384. The van der Waals surface area contributed by atoms with Crippen LogP contribution in [0, 0.1) is 56.2 Å². The van der Waals surface area contributed by atoms with E-state index in [1.54, 1.807) is 0 Å². The zero-order valence-corrected chi connectivity index (χ0v) is 34.3. The number of thiol groups is 1. The summed E-state index contributed by atoms with van der Waals surface area (Å²) in [5.74, 6) is 4.57. The van der Waals surface area contributed by atoms with Gasteiger partial charge in [-0.05, 0) is 145 Å². The van der Waals surface area contributed by atoms with E-state index in [4.69, 9.17) is 12.6 Å². The highest BCUT2D eigenvalue weighted by Crippen LogP contribution is 2.69. The smallest absolute Gasteiger partial charge is 0.00573 e. The van der Waals surface area contributed by atoms with Crippen molar-refractivity contribution in [2.45, 2.75) is 139 Å². The Labute approximate surface area is 291 Å². The molecule has 3 aliphatic carbocycles. The summed E-state index contributed by atoms with van der Waals surface area (Å²) in [6, 6.07) is 0. The van der Waals surface area contributed by atoms with Gasteiger partial charge in [-0.2, -0.15) is 12.6 Å². The Hall–Kier alpha value is 2.54. The molecule has 3 fully saturated rings. The standard InChI is InChI=1S/C35H63I3S/c1-9-32(22-36)16-17-34(11-3,12-4)35(13-5,24-38)20-29-27(18-32)26-19-33(10-2,23-37)21-31(8,25-39)15-14-28(26)30(29,6)7/h26-29,39H,9-25H2,1-8H3. The van der Waals surface area contributed by atoms with E-state index in [-0.39, 0.29) is 0 Å². The summed E-state index contributed by atoms with van der Waals surface area (Å²) >= 11 is 13.4. The molecule has 0 heterocycles. The van der Waals surface area contributed by atoms with Crippen LogP contribution in [0.15, 0.2) is 0 Å². The van der Waals surface area contributed by atoms with Crippen LogP contribution in [-0.2, 0) is 0 Å². The lowest BCUT2D eigenvalue weighted by Crippen LogP contribution is -2.46. The number of hydrogen-bond acceptors (Lipinski definition) is 1. The zero-order valence-electron chi connectivity index (χ0n) is 26.9. The molecule has 4 heteroatoms. The Bertz CT molecular complexity index is 777. The van der Waals surface area contributed by atoms with Crippen LogP contribution in [-0.4, -0.2) is 19.0 Å². The lowest BCUT2D eigenvalue weighted by Gasteiger charge is -2.53. The second-order valence-corrected chi connectivity index (χ2v) is 18.5. The summed E-state index contributed by atoms with van der Waals surface area (Å²) in [6.45, 7) is 20.8. The summed E-state index contributed by atoms with van der Waals surface area (Å²) in [4.78, 5) is 0. The van der Waals surface area contributed by atoms with Gasteiger partial charge in [0.1, 0.15) is 0 Å². The van der Waals surface area contributed by atoms with Gasteiger partial charge < -0.3 is 0 Å². The molecule has 8 atom stereocenters. The fourth-order valence-corrected chi connectivity index (χ4v) is 15.2. The lowest BCUT2D eigenvalue weighted by atomic mass is 9.53. The first-order chi connectivity index (χ1) is 18.3. The molecule has 0 bridgehead atoms. The molecular weight excluding hydrogens is 833 g/mol. The van der Waals surface area contributed by atoms with Crippen molar-refractivity contribution >= 4 is 80.4 Å². The van der Waals surface area contributed by atoms with Crippen LogP contribution < -0.4 is 0 Å². The highest BCUT2D eigenvalue weighted by molar-refractivity contribution is 14.1. The fourth-order valence-electron chi connectivity index (χ4n) is 10.9. The Morgan fingerprint density at radius 1 is 0.615 bits per heavy atom. The predicted molar refractivity (Wildman–Crippen MR) is 204 cm³/mol. The van der Waals surface area contributed by atoms with Gasteiger partial charge >= 0.3 is 0 Å². The molecule has 3 rings (SSSR count). The van der Waals surface area contributed by atoms with Gasteiger partial charge in [0.2, 0.25) is 0 Å². The predicted octanol–water partition coefficient (Wildman–Crippen LogP) is 12.9. The first kappa shape index (κ1) is 36.0. The van der Waals surface area contributed by atoms with E-state index < -0.39 is 0 Å². The summed E-state index contributed by atoms with van der Waals surface area (Å²) in [5, 5.41) is 0. The second-order valence-electron chi connectivity index (χ2n) is 15.9. The highest BCUT2D eigenvalue weighted by atomic mass is 127. The number of alkyl halides is 3. The molecule has 39 heavy (non-hydrogen) atoms. The van der Waals surface area contributed by atoms with Gasteiger partial charge in [-0.1, -0.05) is 123 Å². The maximum atomic E-state index is 4.98. The van der Waals surface area contributed by atoms with Crippen molar-refractivity contribution in [1.29, 1.82) is 0 Å². The van der Waals surface area contributed by atoms with Gasteiger partial charge in [-0.15, -0.1) is 0 Å². The third-order valence-electron chi connectivity index (χ3n) is 14.3. The number of fused-ring (bicyclic) bond motifs is 3. The summed E-state index contributed by atoms with van der Waals surface area (Å²) in [5.41, 5.74) is 2.75. The van der Waals surface area contributed by atoms with E-state index in [0.29, 0.717) is 32.5 Å². The van der Waals surface area contributed by atoms with Crippen LogP contribution in [0.25, 0.3) is 0 Å². The van der Waals surface area contributed by atoms with Crippen LogP contribution in [0.2, 0.25) is 0 Å². The van der Waals surface area contributed by atoms with E-state index in [0.717, 1.165) is 29.4 Å². The Kier molecular flexibility index (Phi) is 12.8. The molecule has 230 valence electrons. The van der Waals surface area contributed by atoms with Gasteiger partial charge in [0, 0.05) is 13.3 Å². The molecule has 0 amide bonds. The molecule has 0 aromatic carbocycles. The molecule has 0 radical (unpaired) electrons. The van der Waals surface area contributed by atoms with Gasteiger partial charge in [0.05, 0.1) is 0 Å². The molecule has 3 aliphatic rings. The van der Waals surface area contributed by atoms with Crippen LogP contribution >= 0.6 is 80.4 Å². The van der Waals surface area contributed by atoms with Crippen molar-refractivity contribution in [3.05, 3.63) is 0 Å². The van der Waals surface area contributed by atoms with Gasteiger partial charge in [-0.3, -0.25) is 0 Å². The van der Waals surface area contributed by atoms with E-state index in [9.17, 15) is 0 Å². The maximum Gasteiger partial charge on any atom is 0.00573 e. The van der Waals surface area contributed by atoms with Crippen molar-refractivity contribution in [3.8, 4) is 0 Å². The fraction of sp³-hybridized carbons (Fsp3) is 1.00. The van der Waals surface area contributed by atoms with Crippen molar-refractivity contribution in [2.24, 2.45) is 56.2 Å². The molecule has 0 aromatic rings. The van der Waals surface area contributed by atoms with Crippen molar-refractivity contribution < 1.29 is 0 Å². The van der Waals surface area contributed by atoms with E-state index >= 15 is 0 Å². The monoisotopic (exact) mass is 896 g/mol. The van der Waals surface area contributed by atoms with E-state index in [1.165, 1.54) is 96.8 Å². The average molecular weight is 897 g/mol. The average Bonchev–Trinajstić information content (AvgIpc) is 3.15. The summed E-state index contributed by atoms with van der Waals surface area (Å²) < 4.78 is 4.00. The Morgan fingerprint density at radius 2 is 1.15 bits per heavy atom. The van der Waals surface area contributed by atoms with Crippen molar-refractivity contribution in [2.75, 3.05) is 19.0 Å². The molecule has 0 saturated heterocycles. The topological polar surface area (TPSA) is 0 Å². The molecule has 8 unspecified atom stereocenters. The number of hydrogen-bond donors (Lipinski definition) is 1. The van der Waals surface area contributed by atoms with Crippen LogP contribution in [0.4, 0.5) is 0 Å². The molecular formula is C35H63I3S. The zero-order chi connectivity index (χ0) is 29.3. The minimum absolute atomic E-state index is 0.384. The highest BCUT2D eigenvalue weighted by Gasteiger charge is 2.62. The van der Waals surface area contributed by atoms with E-state index in [1.807, 2.05) is 0 Å². The van der Waals surface area contributed by atoms with Crippen LogP contribution in [0.1, 0.15) is 139 Å². The molecule has 0 nitrogen and oxygen atoms in total. The Balaban J connectivity index is 2.25. The first-order valence-electron chi connectivity index (χ1n) is 16.6. The molecule has 0 spiro atoms. The number of rotatable bonds is 9. The molecule has 3 saturated carbocycles. The Morgan fingerprint density at radius 3 is 1.62 bits per heavy atom. The van der Waals surface area contributed by atoms with Gasteiger partial charge in [-0.25, -0.2) is 0 Å². The summed E-state index contributed by atoms with van der Waals surface area (Å²) in [6.07, 6.45) is 18.3. The first-order valence-corrected chi connectivity index (χ1v) is 21.8. The lowest BCUT2D eigenvalue weighted by molar-refractivity contribution is -0.0136. The summed E-state index contributed by atoms with van der Waals surface area (Å²) in [7, 11) is 0. The largest absolute Gasteiger partial charge is 0.179 e. The van der Waals surface area contributed by atoms with Gasteiger partial charge in [0.15, 0.2) is 0 Å².